The molecule has 0 unspecified atom stereocenters. The quantitative estimate of drug-likeness (QED) is 0.377. The molecule has 1 aliphatic rings. The molecule has 0 amide bonds. The Morgan fingerprint density at radius 2 is 1.81 bits per heavy atom. The van der Waals surface area contributed by atoms with Gasteiger partial charge in [0.2, 0.25) is 5.95 Å². The molecular weight excluding hydrogens is 452 g/mol. The highest BCUT2D eigenvalue weighted by Gasteiger charge is 2.22. The van der Waals surface area contributed by atoms with Gasteiger partial charge in [0.15, 0.2) is 5.16 Å². The average Bonchev–Trinajstić information content (AvgIpc) is 3.46. The first-order valence-corrected chi connectivity index (χ1v) is 11.9. The first-order chi connectivity index (χ1) is 15.7. The van der Waals surface area contributed by atoms with Crippen molar-refractivity contribution in [3.8, 4) is 16.3 Å². The molecule has 0 N–H and O–H groups in total. The first-order valence-electron chi connectivity index (χ1n) is 10.0. The second kappa shape index (κ2) is 9.35. The van der Waals surface area contributed by atoms with E-state index in [-0.39, 0.29) is 11.6 Å². The minimum Gasteiger partial charge on any atom is -0.378 e. The summed E-state index contributed by atoms with van der Waals surface area (Å²) < 4.78 is 34.5. The molecule has 1 fully saturated rings. The van der Waals surface area contributed by atoms with Gasteiger partial charge in [-0.05, 0) is 42.5 Å². The number of ether oxygens (including phenoxy) is 1. The summed E-state index contributed by atoms with van der Waals surface area (Å²) in [5.74, 6) is 0.665. The van der Waals surface area contributed by atoms with E-state index in [1.54, 1.807) is 18.2 Å². The lowest BCUT2D eigenvalue weighted by atomic mass is 10.2. The monoisotopic (exact) mass is 471 g/mol. The van der Waals surface area contributed by atoms with E-state index in [0.29, 0.717) is 48.8 Å². The Hall–Kier alpha value is -2.82. The van der Waals surface area contributed by atoms with Crippen LogP contribution in [0.25, 0.3) is 16.3 Å². The smallest absolute Gasteiger partial charge is 0.232 e. The number of halogens is 2. The first kappa shape index (κ1) is 21.0. The van der Waals surface area contributed by atoms with Gasteiger partial charge in [0, 0.05) is 29.8 Å². The maximum atomic E-state index is 14.0. The van der Waals surface area contributed by atoms with E-state index >= 15 is 0 Å². The van der Waals surface area contributed by atoms with Crippen LogP contribution in [-0.2, 0) is 10.5 Å². The summed E-state index contributed by atoms with van der Waals surface area (Å²) in [6.07, 6.45) is 0. The van der Waals surface area contributed by atoms with Crippen LogP contribution in [0.1, 0.15) is 5.69 Å². The van der Waals surface area contributed by atoms with Gasteiger partial charge in [-0.3, -0.25) is 4.57 Å². The number of hydrogen-bond acceptors (Lipinski definition) is 7. The number of thioether (sulfide) groups is 1. The summed E-state index contributed by atoms with van der Waals surface area (Å²) >= 11 is 3.00. The van der Waals surface area contributed by atoms with Gasteiger partial charge < -0.3 is 9.64 Å². The fourth-order valence-corrected chi connectivity index (χ4v) is 5.17. The highest BCUT2D eigenvalue weighted by Crippen LogP contribution is 2.31. The molecule has 10 heteroatoms. The number of benzene rings is 2. The van der Waals surface area contributed by atoms with Gasteiger partial charge in [0.25, 0.3) is 0 Å². The van der Waals surface area contributed by atoms with Crippen LogP contribution in [0.3, 0.4) is 0 Å². The molecule has 3 heterocycles. The third kappa shape index (κ3) is 4.52. The van der Waals surface area contributed by atoms with E-state index in [4.69, 9.17) is 4.74 Å². The molecule has 32 heavy (non-hydrogen) atoms. The predicted octanol–water partition coefficient (Wildman–Crippen LogP) is 4.80. The zero-order chi connectivity index (χ0) is 21.9. The molecule has 0 aliphatic carbocycles. The highest BCUT2D eigenvalue weighted by atomic mass is 32.2. The molecule has 164 valence electrons. The molecule has 6 nitrogen and oxygen atoms in total. The molecule has 4 aromatic rings. The summed E-state index contributed by atoms with van der Waals surface area (Å²) in [5.41, 5.74) is 2.44. The van der Waals surface area contributed by atoms with E-state index in [9.17, 15) is 8.78 Å². The number of anilines is 1. The van der Waals surface area contributed by atoms with Crippen molar-refractivity contribution in [2.45, 2.75) is 10.9 Å². The van der Waals surface area contributed by atoms with Crippen molar-refractivity contribution in [3.63, 3.8) is 0 Å². The van der Waals surface area contributed by atoms with Crippen LogP contribution in [0, 0.1) is 11.6 Å². The maximum absolute atomic E-state index is 14.0. The van der Waals surface area contributed by atoms with Crippen molar-refractivity contribution in [1.82, 2.24) is 19.7 Å². The number of morpholine rings is 1. The number of hydrogen-bond donors (Lipinski definition) is 0. The Labute approximate surface area is 191 Å². The fraction of sp³-hybridized carbons (Fsp3) is 0.227. The molecule has 2 aromatic heterocycles. The number of nitrogens with zero attached hydrogens (tertiary/aromatic N) is 5. The van der Waals surface area contributed by atoms with E-state index in [1.165, 1.54) is 47.4 Å². The normalized spacial score (nSPS) is 14.1. The lowest BCUT2D eigenvalue weighted by Gasteiger charge is -2.27. The van der Waals surface area contributed by atoms with Crippen LogP contribution < -0.4 is 4.90 Å². The van der Waals surface area contributed by atoms with Crippen LogP contribution in [0.2, 0.25) is 0 Å². The molecule has 5 rings (SSSR count). The molecule has 1 aliphatic heterocycles. The van der Waals surface area contributed by atoms with Gasteiger partial charge in [-0.1, -0.05) is 17.8 Å². The Bertz CT molecular complexity index is 1210. The van der Waals surface area contributed by atoms with Gasteiger partial charge in [-0.15, -0.1) is 21.5 Å². The Morgan fingerprint density at radius 1 is 1.00 bits per heavy atom. The summed E-state index contributed by atoms with van der Waals surface area (Å²) in [6.45, 7) is 2.63. The van der Waals surface area contributed by atoms with Crippen molar-refractivity contribution in [2.75, 3.05) is 31.2 Å². The molecule has 0 saturated carbocycles. The molecule has 1 saturated heterocycles. The summed E-state index contributed by atoms with van der Waals surface area (Å²) in [7, 11) is 0. The molecule has 2 aromatic carbocycles. The third-order valence-corrected chi connectivity index (χ3v) is 6.87. The second-order valence-electron chi connectivity index (χ2n) is 7.14. The van der Waals surface area contributed by atoms with Gasteiger partial charge in [0.1, 0.15) is 16.6 Å². The van der Waals surface area contributed by atoms with Crippen LogP contribution in [0.5, 0.6) is 0 Å². The number of thiazole rings is 1. The molecule has 0 radical (unpaired) electrons. The van der Waals surface area contributed by atoms with Crippen molar-refractivity contribution in [3.05, 3.63) is 71.2 Å². The lowest BCUT2D eigenvalue weighted by Crippen LogP contribution is -2.37. The molecule has 0 spiro atoms. The minimum absolute atomic E-state index is 0.270. The van der Waals surface area contributed by atoms with Gasteiger partial charge in [0.05, 0.1) is 24.6 Å². The largest absolute Gasteiger partial charge is 0.378 e. The highest BCUT2D eigenvalue weighted by molar-refractivity contribution is 7.98. The van der Waals surface area contributed by atoms with Crippen LogP contribution in [0.15, 0.2) is 59.1 Å². The van der Waals surface area contributed by atoms with Crippen molar-refractivity contribution in [1.29, 1.82) is 0 Å². The molecular formula is C22H19F2N5OS2. The molecule has 0 atom stereocenters. The Morgan fingerprint density at radius 3 is 2.59 bits per heavy atom. The molecule has 0 bridgehead atoms. The summed E-state index contributed by atoms with van der Waals surface area (Å²) in [5, 5.41) is 12.3. The van der Waals surface area contributed by atoms with Crippen molar-refractivity contribution >= 4 is 29.0 Å². The van der Waals surface area contributed by atoms with E-state index in [1.807, 2.05) is 16.0 Å². The van der Waals surface area contributed by atoms with Crippen molar-refractivity contribution < 1.29 is 13.5 Å². The van der Waals surface area contributed by atoms with Crippen LogP contribution in [0.4, 0.5) is 14.7 Å². The Kier molecular flexibility index (Phi) is 6.15. The van der Waals surface area contributed by atoms with E-state index in [2.05, 4.69) is 20.1 Å². The van der Waals surface area contributed by atoms with Crippen molar-refractivity contribution in [2.24, 2.45) is 0 Å². The lowest BCUT2D eigenvalue weighted by molar-refractivity contribution is 0.122. The number of aromatic nitrogens is 4. The zero-order valence-electron chi connectivity index (χ0n) is 16.9. The van der Waals surface area contributed by atoms with E-state index in [0.717, 1.165) is 16.3 Å². The van der Waals surface area contributed by atoms with Gasteiger partial charge in [-0.25, -0.2) is 13.8 Å². The third-order valence-electron chi connectivity index (χ3n) is 4.97. The number of rotatable bonds is 6. The second-order valence-corrected chi connectivity index (χ2v) is 8.94. The Balaban J connectivity index is 1.40. The van der Waals surface area contributed by atoms with Crippen LogP contribution >= 0.6 is 23.1 Å². The van der Waals surface area contributed by atoms with E-state index < -0.39 is 0 Å². The maximum Gasteiger partial charge on any atom is 0.232 e. The summed E-state index contributed by atoms with van der Waals surface area (Å²) in [4.78, 5) is 6.77. The van der Waals surface area contributed by atoms with Gasteiger partial charge >= 0.3 is 0 Å². The zero-order valence-corrected chi connectivity index (χ0v) is 18.6. The SMILES string of the molecule is Fc1ccc(-c2nc(CSc3nnc(N4CCOCC4)n3-c3cccc(F)c3)cs2)cc1. The van der Waals surface area contributed by atoms with Gasteiger partial charge in [-0.2, -0.15) is 0 Å². The predicted molar refractivity (Wildman–Crippen MR) is 121 cm³/mol. The minimum atomic E-state index is -0.316. The summed E-state index contributed by atoms with van der Waals surface area (Å²) in [6, 6.07) is 12.7. The fourth-order valence-electron chi connectivity index (χ4n) is 3.40. The topological polar surface area (TPSA) is 56.1 Å². The standard InChI is InChI=1S/C22H19F2N5OS2/c23-16-6-4-15(5-7-16)20-25-18(13-31-20)14-32-22-27-26-21(28-8-10-30-11-9-28)29(22)19-3-1-2-17(24)12-19/h1-7,12-13H,8-11,14H2. The van der Waals surface area contributed by atoms with Crippen LogP contribution in [-0.4, -0.2) is 46.1 Å². The average molecular weight is 472 g/mol.